The first-order valence-corrected chi connectivity index (χ1v) is 5.65. The molecule has 0 unspecified atom stereocenters. The summed E-state index contributed by atoms with van der Waals surface area (Å²) in [5.41, 5.74) is 5.99. The van der Waals surface area contributed by atoms with Gasteiger partial charge < -0.3 is 19.5 Å². The van der Waals surface area contributed by atoms with E-state index in [0.29, 0.717) is 13.2 Å². The lowest BCUT2D eigenvalue weighted by molar-refractivity contribution is 0.0521. The largest absolute Gasteiger partial charge is 0.464 e. The first-order valence-electron chi connectivity index (χ1n) is 5.65. The van der Waals surface area contributed by atoms with Gasteiger partial charge in [-0.25, -0.2) is 9.78 Å². The summed E-state index contributed by atoms with van der Waals surface area (Å²) in [6.45, 7) is 4.33. The Bertz CT molecular complexity index is 557. The molecule has 0 bridgehead atoms. The number of esters is 1. The van der Waals surface area contributed by atoms with Crippen molar-refractivity contribution in [3.05, 3.63) is 35.7 Å². The van der Waals surface area contributed by atoms with Crippen molar-refractivity contribution in [1.82, 2.24) is 9.55 Å². The highest BCUT2D eigenvalue weighted by Gasteiger charge is 2.17. The van der Waals surface area contributed by atoms with Crippen LogP contribution >= 0.6 is 0 Å². The van der Waals surface area contributed by atoms with Crippen LogP contribution < -0.4 is 5.73 Å². The number of anilines is 1. The van der Waals surface area contributed by atoms with Crippen LogP contribution in [-0.2, 0) is 11.3 Å². The Morgan fingerprint density at radius 1 is 1.56 bits per heavy atom. The lowest BCUT2D eigenvalue weighted by Crippen LogP contribution is -2.10. The van der Waals surface area contributed by atoms with Gasteiger partial charge in [0.2, 0.25) is 0 Å². The van der Waals surface area contributed by atoms with E-state index in [9.17, 15) is 4.79 Å². The van der Waals surface area contributed by atoms with Crippen LogP contribution in [0.25, 0.3) is 0 Å². The van der Waals surface area contributed by atoms with Gasteiger partial charge in [-0.1, -0.05) is 0 Å². The summed E-state index contributed by atoms with van der Waals surface area (Å²) in [6.07, 6.45) is 1.50. The average molecular weight is 249 g/mol. The number of nitrogen functional groups attached to an aromatic ring is 1. The average Bonchev–Trinajstić information content (AvgIpc) is 2.88. The molecule has 18 heavy (non-hydrogen) atoms. The Kier molecular flexibility index (Phi) is 3.36. The van der Waals surface area contributed by atoms with Crippen LogP contribution in [0.5, 0.6) is 0 Å². The summed E-state index contributed by atoms with van der Waals surface area (Å²) >= 11 is 0. The lowest BCUT2D eigenvalue weighted by atomic mass is 10.4. The first kappa shape index (κ1) is 12.2. The molecule has 2 N–H and O–H groups in total. The molecule has 96 valence electrons. The molecule has 6 heteroatoms. The number of rotatable bonds is 4. The van der Waals surface area contributed by atoms with E-state index >= 15 is 0 Å². The maximum Gasteiger partial charge on any atom is 0.360 e. The monoisotopic (exact) mass is 249 g/mol. The smallest absolute Gasteiger partial charge is 0.360 e. The van der Waals surface area contributed by atoms with Crippen molar-refractivity contribution in [2.45, 2.75) is 20.4 Å². The zero-order chi connectivity index (χ0) is 13.1. The van der Waals surface area contributed by atoms with Crippen molar-refractivity contribution >= 4 is 11.8 Å². The molecule has 2 aromatic rings. The van der Waals surface area contributed by atoms with Crippen LogP contribution in [0.4, 0.5) is 5.82 Å². The second-order valence-corrected chi connectivity index (χ2v) is 3.84. The highest BCUT2D eigenvalue weighted by Crippen LogP contribution is 2.15. The number of ether oxygens (including phenoxy) is 1. The number of furan rings is 1. The van der Waals surface area contributed by atoms with Crippen molar-refractivity contribution < 1.29 is 13.9 Å². The fourth-order valence-corrected chi connectivity index (χ4v) is 1.61. The highest BCUT2D eigenvalue weighted by molar-refractivity contribution is 5.92. The summed E-state index contributed by atoms with van der Waals surface area (Å²) in [5.74, 6) is 1.35. The molecule has 0 amide bonds. The Morgan fingerprint density at radius 2 is 2.33 bits per heavy atom. The van der Waals surface area contributed by atoms with Gasteiger partial charge in [0, 0.05) is 0 Å². The van der Waals surface area contributed by atoms with Crippen molar-refractivity contribution in [1.29, 1.82) is 0 Å². The van der Waals surface area contributed by atoms with E-state index in [-0.39, 0.29) is 11.5 Å². The molecular weight excluding hydrogens is 234 g/mol. The third-order valence-electron chi connectivity index (χ3n) is 2.47. The fraction of sp³-hybridized carbons (Fsp3) is 0.333. The maximum absolute atomic E-state index is 11.5. The van der Waals surface area contributed by atoms with Gasteiger partial charge in [-0.2, -0.15) is 0 Å². The molecule has 0 fully saturated rings. The molecule has 0 aliphatic carbocycles. The van der Waals surface area contributed by atoms with Gasteiger partial charge in [0.1, 0.15) is 17.3 Å². The number of carbonyl (C=O) groups is 1. The summed E-state index contributed by atoms with van der Waals surface area (Å²) in [6, 6.07) is 3.73. The van der Waals surface area contributed by atoms with Gasteiger partial charge in [-0.3, -0.25) is 0 Å². The van der Waals surface area contributed by atoms with Crippen LogP contribution in [0.1, 0.15) is 28.9 Å². The van der Waals surface area contributed by atoms with Gasteiger partial charge in [0.25, 0.3) is 0 Å². The quantitative estimate of drug-likeness (QED) is 0.832. The van der Waals surface area contributed by atoms with Crippen molar-refractivity contribution in [2.24, 2.45) is 0 Å². The molecule has 2 heterocycles. The highest BCUT2D eigenvalue weighted by atomic mass is 16.5. The second kappa shape index (κ2) is 4.95. The Hall–Kier alpha value is -2.24. The van der Waals surface area contributed by atoms with Gasteiger partial charge in [-0.15, -0.1) is 0 Å². The Balaban J connectivity index is 2.18. The van der Waals surface area contributed by atoms with E-state index in [4.69, 9.17) is 14.9 Å². The SMILES string of the molecule is CCOC(=O)c1ncn(Cc2ccc(C)o2)c1N. The van der Waals surface area contributed by atoms with Gasteiger partial charge >= 0.3 is 5.97 Å². The van der Waals surface area contributed by atoms with Gasteiger partial charge in [-0.05, 0) is 26.0 Å². The van der Waals surface area contributed by atoms with E-state index < -0.39 is 5.97 Å². The summed E-state index contributed by atoms with van der Waals surface area (Å²) in [5, 5.41) is 0. The molecule has 0 aliphatic heterocycles. The molecule has 0 saturated heterocycles. The third kappa shape index (κ3) is 2.37. The molecular formula is C12H15N3O3. The normalized spacial score (nSPS) is 10.6. The lowest BCUT2D eigenvalue weighted by Gasteiger charge is -2.03. The molecule has 0 spiro atoms. The molecule has 0 aliphatic rings. The Morgan fingerprint density at radius 3 is 2.94 bits per heavy atom. The zero-order valence-electron chi connectivity index (χ0n) is 10.3. The second-order valence-electron chi connectivity index (χ2n) is 3.84. The van der Waals surface area contributed by atoms with Crippen LogP contribution in [0.2, 0.25) is 0 Å². The topological polar surface area (TPSA) is 83.3 Å². The van der Waals surface area contributed by atoms with Gasteiger partial charge in [0.05, 0.1) is 19.5 Å². The summed E-state index contributed by atoms with van der Waals surface area (Å²) < 4.78 is 11.9. The predicted octanol–water partition coefficient (Wildman–Crippen LogP) is 1.59. The van der Waals surface area contributed by atoms with E-state index in [2.05, 4.69) is 4.98 Å². The molecule has 2 aromatic heterocycles. The van der Waals surface area contributed by atoms with E-state index in [1.807, 2.05) is 19.1 Å². The third-order valence-corrected chi connectivity index (χ3v) is 2.47. The maximum atomic E-state index is 11.5. The minimum absolute atomic E-state index is 0.139. The van der Waals surface area contributed by atoms with Crippen LogP contribution in [0.15, 0.2) is 22.9 Å². The molecule has 0 atom stereocenters. The minimum atomic E-state index is -0.510. The number of aromatic nitrogens is 2. The molecule has 6 nitrogen and oxygen atoms in total. The number of carbonyl (C=O) groups excluding carboxylic acids is 1. The number of imidazole rings is 1. The number of hydrogen-bond donors (Lipinski definition) is 1. The standard InChI is InChI=1S/C12H15N3O3/c1-3-17-12(16)10-11(13)15(7-14-10)6-9-5-4-8(2)18-9/h4-5,7H,3,6,13H2,1-2H3. The molecule has 0 saturated carbocycles. The van der Waals surface area contributed by atoms with Crippen molar-refractivity contribution in [2.75, 3.05) is 12.3 Å². The number of hydrogen-bond acceptors (Lipinski definition) is 5. The minimum Gasteiger partial charge on any atom is -0.464 e. The molecule has 2 rings (SSSR count). The Labute approximate surface area is 104 Å². The van der Waals surface area contributed by atoms with E-state index in [1.54, 1.807) is 11.5 Å². The van der Waals surface area contributed by atoms with Crippen molar-refractivity contribution in [3.8, 4) is 0 Å². The van der Waals surface area contributed by atoms with E-state index in [0.717, 1.165) is 11.5 Å². The number of aryl methyl sites for hydroxylation is 1. The molecule has 0 aromatic carbocycles. The van der Waals surface area contributed by atoms with Crippen molar-refractivity contribution in [3.63, 3.8) is 0 Å². The fourth-order valence-electron chi connectivity index (χ4n) is 1.61. The van der Waals surface area contributed by atoms with Crippen LogP contribution in [0, 0.1) is 6.92 Å². The van der Waals surface area contributed by atoms with E-state index in [1.165, 1.54) is 6.33 Å². The number of nitrogens with zero attached hydrogens (tertiary/aromatic N) is 2. The summed E-state index contributed by atoms with van der Waals surface area (Å²) in [4.78, 5) is 15.5. The van der Waals surface area contributed by atoms with Crippen LogP contribution in [-0.4, -0.2) is 22.1 Å². The number of nitrogens with two attached hydrogens (primary N) is 1. The zero-order valence-corrected chi connectivity index (χ0v) is 10.3. The summed E-state index contributed by atoms with van der Waals surface area (Å²) in [7, 11) is 0. The molecule has 0 radical (unpaired) electrons. The van der Waals surface area contributed by atoms with Crippen LogP contribution in [0.3, 0.4) is 0 Å². The first-order chi connectivity index (χ1) is 8.61. The predicted molar refractivity (Wildman–Crippen MR) is 65.1 cm³/mol. The van der Waals surface area contributed by atoms with Gasteiger partial charge in [0.15, 0.2) is 5.69 Å².